The molecule has 4 saturated carbocycles. The van der Waals surface area contributed by atoms with E-state index in [1.54, 1.807) is 0 Å². The van der Waals surface area contributed by atoms with Gasteiger partial charge in [0.15, 0.2) is 0 Å². The fraction of sp³-hybridized carbons (Fsp3) is 0.600. The standard InChI is InChI=1S/C20H24N2O2/c23-17(15-11-19(15)7-1-8-19)21-13-3-5-14(6-4-13)22-18(24)16-12-20(16)9-2-10-20/h3-6,15-16H,1-2,7-12H2,(H,21,23)(H,22,24)/t15-,16-/m0/s1. The molecule has 0 saturated heterocycles. The van der Waals surface area contributed by atoms with Crippen LogP contribution in [0.1, 0.15) is 51.4 Å². The van der Waals surface area contributed by atoms with Crippen LogP contribution < -0.4 is 10.6 Å². The van der Waals surface area contributed by atoms with Gasteiger partial charge in [-0.1, -0.05) is 12.8 Å². The minimum atomic E-state index is 0.163. The normalized spacial score (nSPS) is 30.2. The highest BCUT2D eigenvalue weighted by molar-refractivity contribution is 5.97. The Hall–Kier alpha value is -1.84. The molecule has 5 rings (SSSR count). The zero-order valence-corrected chi connectivity index (χ0v) is 13.9. The van der Waals surface area contributed by atoms with E-state index in [0.29, 0.717) is 10.8 Å². The van der Waals surface area contributed by atoms with Crippen LogP contribution in [0.3, 0.4) is 0 Å². The second kappa shape index (κ2) is 4.84. The fourth-order valence-corrected chi connectivity index (χ4v) is 4.90. The van der Waals surface area contributed by atoms with Crippen molar-refractivity contribution in [3.63, 3.8) is 0 Å². The maximum atomic E-state index is 12.3. The van der Waals surface area contributed by atoms with Gasteiger partial charge in [-0.3, -0.25) is 9.59 Å². The van der Waals surface area contributed by atoms with Crippen molar-refractivity contribution in [2.45, 2.75) is 51.4 Å². The third-order valence-corrected chi connectivity index (χ3v) is 7.13. The molecule has 4 heteroatoms. The largest absolute Gasteiger partial charge is 0.326 e. The van der Waals surface area contributed by atoms with Crippen molar-refractivity contribution >= 4 is 23.2 Å². The summed E-state index contributed by atoms with van der Waals surface area (Å²) in [6.45, 7) is 0. The van der Waals surface area contributed by atoms with E-state index in [0.717, 1.165) is 24.2 Å². The summed E-state index contributed by atoms with van der Waals surface area (Å²) in [5.41, 5.74) is 2.36. The summed E-state index contributed by atoms with van der Waals surface area (Å²) in [5, 5.41) is 6.05. The van der Waals surface area contributed by atoms with Crippen LogP contribution in [0.4, 0.5) is 11.4 Å². The third kappa shape index (κ3) is 2.19. The van der Waals surface area contributed by atoms with E-state index in [-0.39, 0.29) is 23.7 Å². The van der Waals surface area contributed by atoms with Gasteiger partial charge in [0.25, 0.3) is 0 Å². The van der Waals surface area contributed by atoms with Gasteiger partial charge < -0.3 is 10.6 Å². The molecule has 126 valence electrons. The van der Waals surface area contributed by atoms with Gasteiger partial charge >= 0.3 is 0 Å². The third-order valence-electron chi connectivity index (χ3n) is 7.13. The molecule has 24 heavy (non-hydrogen) atoms. The van der Waals surface area contributed by atoms with E-state index >= 15 is 0 Å². The van der Waals surface area contributed by atoms with Crippen molar-refractivity contribution in [3.05, 3.63) is 24.3 Å². The molecule has 4 aliphatic rings. The minimum absolute atomic E-state index is 0.163. The van der Waals surface area contributed by atoms with E-state index in [1.807, 2.05) is 24.3 Å². The Morgan fingerprint density at radius 3 is 1.38 bits per heavy atom. The first-order valence-electron chi connectivity index (χ1n) is 9.32. The number of rotatable bonds is 4. The lowest BCUT2D eigenvalue weighted by molar-refractivity contribution is -0.119. The number of hydrogen-bond acceptors (Lipinski definition) is 2. The topological polar surface area (TPSA) is 58.2 Å². The zero-order chi connectivity index (χ0) is 16.4. The summed E-state index contributed by atoms with van der Waals surface area (Å²) in [5.74, 6) is 0.770. The maximum absolute atomic E-state index is 12.3. The number of anilines is 2. The number of carbonyl (C=O) groups is 2. The second-order valence-corrected chi connectivity index (χ2v) is 8.50. The predicted octanol–water partition coefficient (Wildman–Crippen LogP) is 3.94. The first-order valence-corrected chi connectivity index (χ1v) is 9.32. The lowest BCUT2D eigenvalue weighted by Gasteiger charge is -2.26. The number of nitrogens with one attached hydrogen (secondary N) is 2. The predicted molar refractivity (Wildman–Crippen MR) is 92.5 cm³/mol. The Bertz CT molecular complexity index is 640. The van der Waals surface area contributed by atoms with Crippen molar-refractivity contribution < 1.29 is 9.59 Å². The van der Waals surface area contributed by atoms with Gasteiger partial charge in [0.05, 0.1) is 0 Å². The van der Waals surface area contributed by atoms with Gasteiger partial charge in [-0.25, -0.2) is 0 Å². The maximum Gasteiger partial charge on any atom is 0.228 e. The molecule has 0 heterocycles. The Kier molecular flexibility index (Phi) is 2.92. The second-order valence-electron chi connectivity index (χ2n) is 8.50. The molecule has 2 spiro atoms. The molecule has 4 nitrogen and oxygen atoms in total. The molecular weight excluding hydrogens is 300 g/mol. The lowest BCUT2D eigenvalue weighted by Crippen LogP contribution is -2.23. The Morgan fingerprint density at radius 1 is 0.750 bits per heavy atom. The minimum Gasteiger partial charge on any atom is -0.326 e. The molecule has 0 radical (unpaired) electrons. The first kappa shape index (κ1) is 14.5. The van der Waals surface area contributed by atoms with E-state index < -0.39 is 0 Å². The fourth-order valence-electron chi connectivity index (χ4n) is 4.90. The Labute approximate surface area is 142 Å². The first-order chi connectivity index (χ1) is 11.6. The van der Waals surface area contributed by atoms with Crippen LogP contribution in [0.25, 0.3) is 0 Å². The number of carbonyl (C=O) groups excluding carboxylic acids is 2. The smallest absolute Gasteiger partial charge is 0.228 e. The molecule has 1 aromatic carbocycles. The summed E-state index contributed by atoms with van der Waals surface area (Å²) in [4.78, 5) is 24.5. The molecule has 4 aliphatic carbocycles. The molecular formula is C20H24N2O2. The molecule has 1 aromatic rings. The van der Waals surface area contributed by atoms with Crippen LogP contribution in [0.2, 0.25) is 0 Å². The molecule has 0 unspecified atom stereocenters. The number of benzene rings is 1. The van der Waals surface area contributed by atoms with Crippen LogP contribution in [0.15, 0.2) is 24.3 Å². The SMILES string of the molecule is O=C(Nc1ccc(NC(=O)[C@@H]2CC23CCC3)cc1)[C@@H]1CC12CCC2. The van der Waals surface area contributed by atoms with Crippen LogP contribution in [-0.2, 0) is 9.59 Å². The van der Waals surface area contributed by atoms with Crippen molar-refractivity contribution in [1.29, 1.82) is 0 Å². The Morgan fingerprint density at radius 2 is 1.12 bits per heavy atom. The summed E-state index contributed by atoms with van der Waals surface area (Å²) in [6, 6.07) is 7.54. The number of amides is 2. The summed E-state index contributed by atoms with van der Waals surface area (Å²) >= 11 is 0. The molecule has 4 fully saturated rings. The average molecular weight is 324 g/mol. The van der Waals surface area contributed by atoms with Crippen molar-refractivity contribution in [2.24, 2.45) is 22.7 Å². The average Bonchev–Trinajstić information content (AvgIpc) is 3.38. The molecule has 2 atom stereocenters. The molecule has 2 N–H and O–H groups in total. The highest BCUT2D eigenvalue weighted by Gasteiger charge is 2.61. The van der Waals surface area contributed by atoms with E-state index in [2.05, 4.69) is 10.6 Å². The Balaban J connectivity index is 1.16. The van der Waals surface area contributed by atoms with Crippen molar-refractivity contribution in [2.75, 3.05) is 10.6 Å². The van der Waals surface area contributed by atoms with Gasteiger partial charge in [-0.05, 0) is 73.6 Å². The van der Waals surface area contributed by atoms with Crippen molar-refractivity contribution in [1.82, 2.24) is 0 Å². The summed E-state index contributed by atoms with van der Waals surface area (Å²) in [6.07, 6.45) is 9.57. The molecule has 0 aromatic heterocycles. The van der Waals surface area contributed by atoms with Gasteiger partial charge in [0, 0.05) is 23.2 Å². The van der Waals surface area contributed by atoms with E-state index in [4.69, 9.17) is 0 Å². The van der Waals surface area contributed by atoms with Crippen LogP contribution in [0.5, 0.6) is 0 Å². The zero-order valence-electron chi connectivity index (χ0n) is 13.9. The van der Waals surface area contributed by atoms with Crippen molar-refractivity contribution in [3.8, 4) is 0 Å². The van der Waals surface area contributed by atoms with Crippen LogP contribution >= 0.6 is 0 Å². The van der Waals surface area contributed by atoms with Gasteiger partial charge in [0.1, 0.15) is 0 Å². The quantitative estimate of drug-likeness (QED) is 0.881. The molecule has 0 aliphatic heterocycles. The highest BCUT2D eigenvalue weighted by atomic mass is 16.2. The van der Waals surface area contributed by atoms with Gasteiger partial charge in [-0.15, -0.1) is 0 Å². The summed E-state index contributed by atoms with van der Waals surface area (Å²) in [7, 11) is 0. The monoisotopic (exact) mass is 324 g/mol. The summed E-state index contributed by atoms with van der Waals surface area (Å²) < 4.78 is 0. The van der Waals surface area contributed by atoms with Gasteiger partial charge in [0.2, 0.25) is 11.8 Å². The van der Waals surface area contributed by atoms with Crippen LogP contribution in [-0.4, -0.2) is 11.8 Å². The van der Waals surface area contributed by atoms with Gasteiger partial charge in [-0.2, -0.15) is 0 Å². The lowest BCUT2D eigenvalue weighted by atomic mass is 9.79. The molecule has 0 bridgehead atoms. The van der Waals surface area contributed by atoms with E-state index in [1.165, 1.54) is 38.5 Å². The highest BCUT2D eigenvalue weighted by Crippen LogP contribution is 2.66. The van der Waals surface area contributed by atoms with Crippen LogP contribution in [0, 0.1) is 22.7 Å². The number of hydrogen-bond donors (Lipinski definition) is 2. The van der Waals surface area contributed by atoms with E-state index in [9.17, 15) is 9.59 Å². The molecule has 2 amide bonds.